The molecular weight excluding hydrogens is 680 g/mol. The molecule has 0 bridgehead atoms. The molecule has 0 saturated heterocycles. The van der Waals surface area contributed by atoms with E-state index in [9.17, 15) is 29.8 Å². The number of aromatic amines is 1. The van der Waals surface area contributed by atoms with Crippen LogP contribution in [0, 0.1) is 20.2 Å². The number of benzene rings is 2. The monoisotopic (exact) mass is 714 g/mol. The summed E-state index contributed by atoms with van der Waals surface area (Å²) in [6, 6.07) is 15.5. The highest BCUT2D eigenvalue weighted by atomic mass is 35.5. The number of hydrogen-bond acceptors (Lipinski definition) is 14. The summed E-state index contributed by atoms with van der Waals surface area (Å²) in [5.41, 5.74) is 3.54. The summed E-state index contributed by atoms with van der Waals surface area (Å²) >= 11 is 6.47. The van der Waals surface area contributed by atoms with Crippen LogP contribution in [0.15, 0.2) is 48.5 Å². The van der Waals surface area contributed by atoms with Crippen molar-refractivity contribution in [3.63, 3.8) is 0 Å². The Bertz CT molecular complexity index is 1750. The lowest BCUT2D eigenvalue weighted by molar-refractivity contribution is -0.790. The number of esters is 2. The van der Waals surface area contributed by atoms with Crippen molar-refractivity contribution >= 4 is 23.5 Å². The number of carbonyl (C=O) groups is 2. The van der Waals surface area contributed by atoms with Gasteiger partial charge in [-0.3, -0.25) is 0 Å². The number of carbonyl (C=O) groups excluding carboxylic acids is 2. The van der Waals surface area contributed by atoms with Gasteiger partial charge in [-0.15, -0.1) is 25.3 Å². The van der Waals surface area contributed by atoms with Crippen LogP contribution in [-0.2, 0) is 36.9 Å². The van der Waals surface area contributed by atoms with Gasteiger partial charge in [-0.1, -0.05) is 73.5 Å². The minimum absolute atomic E-state index is 0.00145. The maximum Gasteiger partial charge on any atom is 0.359 e. The summed E-state index contributed by atoms with van der Waals surface area (Å²) in [6.07, 6.45) is 0.349. The molecule has 50 heavy (non-hydrogen) atoms. The third-order valence-electron chi connectivity index (χ3n) is 7.47. The van der Waals surface area contributed by atoms with Crippen LogP contribution in [0.4, 0.5) is 0 Å². The molecule has 4 rings (SSSR count). The maximum absolute atomic E-state index is 13.4. The molecule has 0 saturated carbocycles. The molecule has 0 radical (unpaired) electrons. The summed E-state index contributed by atoms with van der Waals surface area (Å²) in [5, 5.41) is 33.0. The Kier molecular flexibility index (Phi) is 13.5. The molecule has 266 valence electrons. The van der Waals surface area contributed by atoms with E-state index in [1.807, 2.05) is 55.5 Å². The van der Waals surface area contributed by atoms with E-state index in [4.69, 9.17) is 21.1 Å². The standard InChI is InChI=1S/C31H35ClN8O10/c1-3-4-12-26-33-28(32)27(31(42)49-20(2)30(41)47-17-8-7-9-23(50-40(45)46)19-48-39(43)44)38(26)18-21-13-15-22(16-14-21)24-10-5-6-11-25(24)29-34-36-37-35-29/h5-6,10-11,13-16,20,23H,3-4,7-9,12,17-19H2,1-2H3,(H,34,35,36,37)/t20?,23-/m0/s1. The number of unbranched alkanes of at least 4 members (excludes halogenated alkanes) is 2. The molecule has 0 aliphatic heterocycles. The first-order chi connectivity index (χ1) is 24.1. The fourth-order valence-electron chi connectivity index (χ4n) is 5.01. The third-order valence-corrected chi connectivity index (χ3v) is 7.73. The second-order valence-electron chi connectivity index (χ2n) is 11.0. The van der Waals surface area contributed by atoms with E-state index in [-0.39, 0.29) is 43.3 Å². The van der Waals surface area contributed by atoms with Crippen molar-refractivity contribution in [2.45, 2.75) is 71.1 Å². The first-order valence-corrected chi connectivity index (χ1v) is 16.1. The number of aromatic nitrogens is 6. The molecule has 0 aliphatic carbocycles. The quantitative estimate of drug-likeness (QED) is 0.0560. The van der Waals surface area contributed by atoms with Crippen LogP contribution >= 0.6 is 11.6 Å². The van der Waals surface area contributed by atoms with E-state index in [0.29, 0.717) is 18.1 Å². The zero-order valence-corrected chi connectivity index (χ0v) is 28.0. The van der Waals surface area contributed by atoms with Gasteiger partial charge in [-0.05, 0) is 59.7 Å². The highest BCUT2D eigenvalue weighted by Gasteiger charge is 2.28. The number of nitrogens with one attached hydrogen (secondary N) is 1. The van der Waals surface area contributed by atoms with E-state index >= 15 is 0 Å². The lowest BCUT2D eigenvalue weighted by atomic mass is 9.98. The van der Waals surface area contributed by atoms with Crippen LogP contribution in [0.25, 0.3) is 22.5 Å². The number of aryl methyl sites for hydroxylation is 1. The Morgan fingerprint density at radius 3 is 2.42 bits per heavy atom. The SMILES string of the molecule is CCCCc1nc(Cl)c(C(=O)OC(C)C(=O)OCCCC[C@@H](CO[N+](=O)[O-])O[N+](=O)[O-])n1Cc1ccc(-c2ccccc2-c2nnn[nH]2)cc1. The lowest BCUT2D eigenvalue weighted by Crippen LogP contribution is -2.28. The molecule has 0 spiro atoms. The van der Waals surface area contributed by atoms with E-state index in [1.165, 1.54) is 6.92 Å². The molecule has 18 nitrogen and oxygen atoms in total. The topological polar surface area (TPSA) is 230 Å². The van der Waals surface area contributed by atoms with Gasteiger partial charge in [-0.25, -0.2) is 19.7 Å². The van der Waals surface area contributed by atoms with Crippen molar-refractivity contribution in [3.8, 4) is 22.5 Å². The number of halogens is 1. The molecular formula is C31H35ClN8O10. The van der Waals surface area contributed by atoms with Crippen LogP contribution in [0.2, 0.25) is 5.15 Å². The van der Waals surface area contributed by atoms with Gasteiger partial charge in [0.1, 0.15) is 18.5 Å². The van der Waals surface area contributed by atoms with Crippen molar-refractivity contribution in [3.05, 3.63) is 91.0 Å². The summed E-state index contributed by atoms with van der Waals surface area (Å²) in [7, 11) is 0. The maximum atomic E-state index is 13.4. The largest absolute Gasteiger partial charge is 0.463 e. The third kappa shape index (κ3) is 10.4. The second kappa shape index (κ2) is 18.2. The zero-order chi connectivity index (χ0) is 36.0. The molecule has 2 atom stereocenters. The van der Waals surface area contributed by atoms with Gasteiger partial charge < -0.3 is 23.7 Å². The Balaban J connectivity index is 1.39. The minimum atomic E-state index is -1.29. The van der Waals surface area contributed by atoms with Crippen LogP contribution in [0.3, 0.4) is 0 Å². The predicted octanol–water partition coefficient (Wildman–Crippen LogP) is 4.82. The molecule has 0 aliphatic rings. The number of rotatable bonds is 20. The van der Waals surface area contributed by atoms with Crippen LogP contribution in [0.1, 0.15) is 67.8 Å². The fourth-order valence-corrected chi connectivity index (χ4v) is 5.28. The highest BCUT2D eigenvalue weighted by Crippen LogP contribution is 2.30. The van der Waals surface area contributed by atoms with Crippen LogP contribution in [-0.4, -0.2) is 77.7 Å². The molecule has 2 heterocycles. The second-order valence-corrected chi connectivity index (χ2v) is 11.4. The highest BCUT2D eigenvalue weighted by molar-refractivity contribution is 6.32. The van der Waals surface area contributed by atoms with Crippen molar-refractivity contribution in [1.29, 1.82) is 0 Å². The fraction of sp³-hybridized carbons (Fsp3) is 0.419. The van der Waals surface area contributed by atoms with Crippen molar-refractivity contribution < 1.29 is 38.9 Å². The van der Waals surface area contributed by atoms with Gasteiger partial charge in [0.25, 0.3) is 10.2 Å². The molecule has 0 amide bonds. The Morgan fingerprint density at radius 1 is 1.02 bits per heavy atom. The smallest absolute Gasteiger partial charge is 0.359 e. The number of hydrogen-bond donors (Lipinski definition) is 1. The van der Waals surface area contributed by atoms with E-state index in [2.05, 4.69) is 35.3 Å². The zero-order valence-electron chi connectivity index (χ0n) is 27.2. The minimum Gasteiger partial charge on any atom is -0.463 e. The molecule has 1 unspecified atom stereocenters. The molecule has 2 aromatic heterocycles. The Hall–Kier alpha value is -5.65. The van der Waals surface area contributed by atoms with Crippen molar-refractivity contribution in [2.24, 2.45) is 0 Å². The number of H-pyrrole nitrogens is 1. The summed E-state index contributed by atoms with van der Waals surface area (Å²) in [5.74, 6) is -0.546. The van der Waals surface area contributed by atoms with Gasteiger partial charge in [0, 0.05) is 18.5 Å². The first kappa shape index (κ1) is 37.2. The Labute approximate surface area is 290 Å². The van der Waals surface area contributed by atoms with Gasteiger partial charge in [0.15, 0.2) is 22.8 Å². The van der Waals surface area contributed by atoms with Crippen molar-refractivity contribution in [1.82, 2.24) is 30.2 Å². The summed E-state index contributed by atoms with van der Waals surface area (Å²) in [6.45, 7) is 2.92. The van der Waals surface area contributed by atoms with Gasteiger partial charge >= 0.3 is 11.9 Å². The van der Waals surface area contributed by atoms with Crippen LogP contribution < -0.4 is 0 Å². The number of imidazole rings is 1. The molecule has 19 heteroatoms. The van der Waals surface area contributed by atoms with E-state index < -0.39 is 40.9 Å². The number of ether oxygens (including phenoxy) is 2. The van der Waals surface area contributed by atoms with Crippen LogP contribution in [0.5, 0.6) is 0 Å². The van der Waals surface area contributed by atoms with Gasteiger partial charge in [0.05, 0.1) is 6.61 Å². The average Bonchev–Trinajstić information content (AvgIpc) is 3.74. The summed E-state index contributed by atoms with van der Waals surface area (Å²) < 4.78 is 12.3. The van der Waals surface area contributed by atoms with Gasteiger partial charge in [0.2, 0.25) is 0 Å². The molecule has 1 N–H and O–H groups in total. The molecule has 4 aromatic rings. The van der Waals surface area contributed by atoms with Gasteiger partial charge in [-0.2, -0.15) is 0 Å². The first-order valence-electron chi connectivity index (χ1n) is 15.7. The Morgan fingerprint density at radius 2 is 1.76 bits per heavy atom. The van der Waals surface area contributed by atoms with Crippen molar-refractivity contribution in [2.75, 3.05) is 13.2 Å². The molecule has 0 fully saturated rings. The molecule has 2 aromatic carbocycles. The lowest BCUT2D eigenvalue weighted by Gasteiger charge is -2.16. The summed E-state index contributed by atoms with van der Waals surface area (Å²) in [4.78, 5) is 60.0. The number of tetrazole rings is 1. The number of nitrogens with zero attached hydrogens (tertiary/aromatic N) is 7. The van der Waals surface area contributed by atoms with E-state index in [1.54, 1.807) is 4.57 Å². The average molecular weight is 715 g/mol. The normalized spacial score (nSPS) is 12.1. The van der Waals surface area contributed by atoms with E-state index in [0.717, 1.165) is 35.1 Å². The predicted molar refractivity (Wildman–Crippen MR) is 175 cm³/mol.